The number of aryl methyl sites for hydroxylation is 2. The van der Waals surface area contributed by atoms with Crippen molar-refractivity contribution < 1.29 is 17.9 Å². The Morgan fingerprint density at radius 2 is 2.14 bits per heavy atom. The number of rotatable bonds is 5. The molecular formula is C18H23F3N6O. The van der Waals surface area contributed by atoms with Gasteiger partial charge in [-0.1, -0.05) is 12.1 Å². The van der Waals surface area contributed by atoms with Crippen LogP contribution in [0.15, 0.2) is 29.3 Å². The quantitative estimate of drug-likeness (QED) is 0.462. The number of nitrogens with one attached hydrogen (secondary N) is 2. The highest BCUT2D eigenvalue weighted by atomic mass is 19.4. The average molecular weight is 396 g/mol. The third-order valence-electron chi connectivity index (χ3n) is 4.36. The fourth-order valence-corrected chi connectivity index (χ4v) is 3.12. The molecule has 2 N–H and O–H groups in total. The summed E-state index contributed by atoms with van der Waals surface area (Å²) in [5.41, 5.74) is -0.783. The van der Waals surface area contributed by atoms with Crippen LogP contribution in [0.1, 0.15) is 36.1 Å². The van der Waals surface area contributed by atoms with E-state index in [9.17, 15) is 13.2 Å². The molecule has 2 aromatic rings. The number of hydrogen-bond donors (Lipinski definition) is 2. The number of aliphatic imine (C=N–C) groups is 1. The monoisotopic (exact) mass is 396 g/mol. The molecule has 7 nitrogen and oxygen atoms in total. The predicted octanol–water partition coefficient (Wildman–Crippen LogP) is 2.68. The Morgan fingerprint density at radius 1 is 1.36 bits per heavy atom. The molecule has 0 saturated heterocycles. The van der Waals surface area contributed by atoms with Crippen molar-refractivity contribution in [3.63, 3.8) is 0 Å². The third-order valence-corrected chi connectivity index (χ3v) is 4.36. The summed E-state index contributed by atoms with van der Waals surface area (Å²) in [7, 11) is 1.63. The Morgan fingerprint density at radius 3 is 2.89 bits per heavy atom. The van der Waals surface area contributed by atoms with Gasteiger partial charge >= 0.3 is 6.18 Å². The van der Waals surface area contributed by atoms with Crippen LogP contribution >= 0.6 is 0 Å². The topological polar surface area (TPSA) is 76.4 Å². The normalized spacial score (nSPS) is 17.2. The van der Waals surface area contributed by atoms with E-state index in [1.165, 1.54) is 18.2 Å². The minimum atomic E-state index is -4.45. The smallest absolute Gasteiger partial charge is 0.419 e. The Hall–Kier alpha value is -2.78. The van der Waals surface area contributed by atoms with Gasteiger partial charge in [0.1, 0.15) is 24.0 Å². The molecule has 28 heavy (non-hydrogen) atoms. The van der Waals surface area contributed by atoms with Crippen molar-refractivity contribution >= 4 is 5.96 Å². The highest BCUT2D eigenvalue weighted by molar-refractivity contribution is 5.80. The van der Waals surface area contributed by atoms with Gasteiger partial charge in [0.25, 0.3) is 0 Å². The van der Waals surface area contributed by atoms with Gasteiger partial charge in [0.2, 0.25) is 0 Å². The fraction of sp³-hybridized carbons (Fsp3) is 0.500. The molecule has 1 aliphatic heterocycles. The molecular weight excluding hydrogens is 373 g/mol. The number of para-hydroxylation sites is 1. The lowest BCUT2D eigenvalue weighted by molar-refractivity contribution is -0.138. The summed E-state index contributed by atoms with van der Waals surface area (Å²) < 4.78 is 46.2. The molecule has 0 spiro atoms. The Kier molecular flexibility index (Phi) is 6.05. The summed E-state index contributed by atoms with van der Waals surface area (Å²) in [6.45, 7) is 3.05. The summed E-state index contributed by atoms with van der Waals surface area (Å²) in [6.07, 6.45) is -2.58. The summed E-state index contributed by atoms with van der Waals surface area (Å²) in [6, 6.07) is 5.15. The maximum absolute atomic E-state index is 13.0. The van der Waals surface area contributed by atoms with Crippen LogP contribution in [0.5, 0.6) is 5.75 Å². The fourth-order valence-electron chi connectivity index (χ4n) is 3.12. The lowest BCUT2D eigenvalue weighted by Gasteiger charge is -2.25. The van der Waals surface area contributed by atoms with Crippen molar-refractivity contribution in [3.05, 3.63) is 41.5 Å². The summed E-state index contributed by atoms with van der Waals surface area (Å²) in [5.74, 6) is 1.94. The van der Waals surface area contributed by atoms with Gasteiger partial charge in [-0.15, -0.1) is 0 Å². The van der Waals surface area contributed by atoms with Crippen molar-refractivity contribution in [1.82, 2.24) is 25.4 Å². The number of hydrogen-bond acceptors (Lipinski definition) is 4. The van der Waals surface area contributed by atoms with Crippen LogP contribution in [0.4, 0.5) is 13.2 Å². The maximum atomic E-state index is 13.0. The second-order valence-corrected chi connectivity index (χ2v) is 6.42. The minimum absolute atomic E-state index is 0.0203. The molecule has 1 unspecified atom stereocenters. The van der Waals surface area contributed by atoms with Crippen LogP contribution in [-0.2, 0) is 12.7 Å². The van der Waals surface area contributed by atoms with E-state index in [4.69, 9.17) is 4.74 Å². The Labute approximate surface area is 161 Å². The van der Waals surface area contributed by atoms with Crippen molar-refractivity contribution in [3.8, 4) is 5.75 Å². The van der Waals surface area contributed by atoms with Crippen LogP contribution in [0.2, 0.25) is 0 Å². The number of ether oxygens (including phenoxy) is 1. The van der Waals surface area contributed by atoms with Gasteiger partial charge in [-0.3, -0.25) is 4.99 Å². The van der Waals surface area contributed by atoms with Crippen LogP contribution < -0.4 is 15.4 Å². The van der Waals surface area contributed by atoms with Gasteiger partial charge in [0.15, 0.2) is 5.96 Å². The first-order valence-electron chi connectivity index (χ1n) is 9.06. The van der Waals surface area contributed by atoms with Crippen molar-refractivity contribution in [1.29, 1.82) is 0 Å². The molecule has 1 aliphatic rings. The number of fused-ring (bicyclic) bond motifs is 1. The first kappa shape index (κ1) is 20.0. The average Bonchev–Trinajstić information content (AvgIpc) is 3.05. The summed E-state index contributed by atoms with van der Waals surface area (Å²) in [4.78, 5) is 8.63. The van der Waals surface area contributed by atoms with Gasteiger partial charge in [0, 0.05) is 13.6 Å². The molecule has 1 aromatic carbocycles. The molecule has 0 bridgehead atoms. The highest BCUT2D eigenvalue weighted by Crippen LogP contribution is 2.35. The number of nitrogens with zero attached hydrogens (tertiary/aromatic N) is 4. The molecule has 0 radical (unpaired) electrons. The van der Waals surface area contributed by atoms with Crippen molar-refractivity contribution in [2.24, 2.45) is 4.99 Å². The zero-order valence-corrected chi connectivity index (χ0v) is 15.8. The summed E-state index contributed by atoms with van der Waals surface area (Å²) in [5, 5.41) is 10.7. The number of alkyl halides is 3. The Balaban J connectivity index is 1.52. The highest BCUT2D eigenvalue weighted by Gasteiger charge is 2.34. The molecule has 3 rings (SSSR count). The minimum Gasteiger partial charge on any atom is -0.491 e. The van der Waals surface area contributed by atoms with Crippen LogP contribution in [0.3, 0.4) is 0 Å². The van der Waals surface area contributed by atoms with Gasteiger partial charge < -0.3 is 15.4 Å². The Bertz CT molecular complexity index is 833. The van der Waals surface area contributed by atoms with E-state index in [1.54, 1.807) is 7.05 Å². The van der Waals surface area contributed by atoms with Crippen molar-refractivity contribution in [2.75, 3.05) is 20.2 Å². The first-order chi connectivity index (χ1) is 13.4. The van der Waals surface area contributed by atoms with Gasteiger partial charge in [0.05, 0.1) is 18.2 Å². The molecule has 1 atom stereocenters. The standard InChI is InChI=1S/C18H23F3N6O/c1-12-24-16-14(7-5-10-27(16)26-12)25-17(22-2)23-9-11-28-15-8-4-3-6-13(15)18(19,20)21/h3-4,6,8,14H,5,7,9-11H2,1-2H3,(H2,22,23,25). The maximum Gasteiger partial charge on any atom is 0.419 e. The van der Waals surface area contributed by atoms with Crippen LogP contribution in [0.25, 0.3) is 0 Å². The van der Waals surface area contributed by atoms with Crippen molar-refractivity contribution in [2.45, 2.75) is 38.5 Å². The molecule has 0 aliphatic carbocycles. The second kappa shape index (κ2) is 8.49. The summed E-state index contributed by atoms with van der Waals surface area (Å²) >= 11 is 0. The molecule has 152 valence electrons. The van der Waals surface area contributed by atoms with E-state index in [1.807, 2.05) is 11.6 Å². The zero-order chi connectivity index (χ0) is 20.1. The molecule has 1 aromatic heterocycles. The number of aromatic nitrogens is 3. The number of benzene rings is 1. The van der Waals surface area contributed by atoms with E-state index < -0.39 is 11.7 Å². The van der Waals surface area contributed by atoms with E-state index in [0.29, 0.717) is 12.5 Å². The second-order valence-electron chi connectivity index (χ2n) is 6.42. The van der Waals surface area contributed by atoms with E-state index in [-0.39, 0.29) is 18.4 Å². The zero-order valence-electron chi connectivity index (χ0n) is 15.8. The molecule has 0 fully saturated rings. The lowest BCUT2D eigenvalue weighted by Crippen LogP contribution is -2.42. The predicted molar refractivity (Wildman–Crippen MR) is 98.2 cm³/mol. The lowest BCUT2D eigenvalue weighted by atomic mass is 10.1. The van der Waals surface area contributed by atoms with E-state index in [2.05, 4.69) is 25.7 Å². The first-order valence-corrected chi connectivity index (χ1v) is 9.06. The molecule has 2 heterocycles. The molecule has 10 heteroatoms. The van der Waals surface area contributed by atoms with Gasteiger partial charge in [-0.05, 0) is 31.9 Å². The SMILES string of the molecule is CN=C(NCCOc1ccccc1C(F)(F)F)NC1CCCn2nc(C)nc21. The number of halogens is 3. The molecule has 0 amide bonds. The van der Waals surface area contributed by atoms with Gasteiger partial charge in [-0.2, -0.15) is 18.3 Å². The molecule has 0 saturated carbocycles. The van der Waals surface area contributed by atoms with E-state index >= 15 is 0 Å². The van der Waals surface area contributed by atoms with Crippen LogP contribution in [0, 0.1) is 6.92 Å². The van der Waals surface area contributed by atoms with Gasteiger partial charge in [-0.25, -0.2) is 9.67 Å². The van der Waals surface area contributed by atoms with Crippen LogP contribution in [-0.4, -0.2) is 40.9 Å². The number of guanidine groups is 1. The third kappa shape index (κ3) is 4.73. The largest absolute Gasteiger partial charge is 0.491 e. The van der Waals surface area contributed by atoms with E-state index in [0.717, 1.165) is 37.1 Å².